The van der Waals surface area contributed by atoms with Gasteiger partial charge in [0, 0.05) is 29.4 Å². The summed E-state index contributed by atoms with van der Waals surface area (Å²) in [5.74, 6) is 0.874. The van der Waals surface area contributed by atoms with Crippen molar-refractivity contribution in [3.05, 3.63) is 65.2 Å². The molecule has 7 heteroatoms. The average molecular weight is 395 g/mol. The number of hydrogen-bond donors (Lipinski definition) is 1. The third-order valence-electron chi connectivity index (χ3n) is 4.88. The number of rotatable bonds is 4. The van der Waals surface area contributed by atoms with E-state index in [9.17, 15) is 9.18 Å². The molecule has 29 heavy (non-hydrogen) atoms. The van der Waals surface area contributed by atoms with E-state index in [0.29, 0.717) is 30.4 Å². The van der Waals surface area contributed by atoms with Crippen LogP contribution in [0.3, 0.4) is 0 Å². The van der Waals surface area contributed by atoms with Gasteiger partial charge < -0.3 is 14.8 Å². The summed E-state index contributed by atoms with van der Waals surface area (Å²) in [5.41, 5.74) is 3.87. The van der Waals surface area contributed by atoms with Crippen LogP contribution in [0.1, 0.15) is 23.4 Å². The van der Waals surface area contributed by atoms with E-state index in [1.807, 2.05) is 13.8 Å². The normalized spacial score (nSPS) is 13.1. The van der Waals surface area contributed by atoms with Crippen molar-refractivity contribution in [2.24, 2.45) is 0 Å². The van der Waals surface area contributed by atoms with E-state index in [4.69, 9.17) is 9.47 Å². The second-order valence-electron chi connectivity index (χ2n) is 6.97. The van der Waals surface area contributed by atoms with Crippen LogP contribution in [0.4, 0.5) is 10.1 Å². The summed E-state index contributed by atoms with van der Waals surface area (Å²) in [7, 11) is 0. The maximum absolute atomic E-state index is 13.2. The van der Waals surface area contributed by atoms with Gasteiger partial charge in [-0.05, 0) is 50.2 Å². The van der Waals surface area contributed by atoms with Crippen molar-refractivity contribution in [2.75, 3.05) is 18.5 Å². The molecule has 1 aliphatic rings. The van der Waals surface area contributed by atoms with Gasteiger partial charge in [0.15, 0.2) is 11.5 Å². The number of halogens is 1. The van der Waals surface area contributed by atoms with Crippen molar-refractivity contribution in [3.63, 3.8) is 0 Å². The highest BCUT2D eigenvalue weighted by molar-refractivity contribution is 5.92. The number of nitrogens with one attached hydrogen (secondary N) is 1. The number of carbonyl (C=O) groups is 1. The zero-order valence-corrected chi connectivity index (χ0v) is 16.4. The molecule has 1 aromatic heterocycles. The molecule has 0 unspecified atom stereocenters. The van der Waals surface area contributed by atoms with Crippen LogP contribution in [0.25, 0.3) is 5.69 Å². The smallest absolute Gasteiger partial charge is 0.228 e. The first-order valence-corrected chi connectivity index (χ1v) is 9.52. The molecule has 4 rings (SSSR count). The number of hydrogen-bond acceptors (Lipinski definition) is 4. The van der Waals surface area contributed by atoms with Gasteiger partial charge in [0.2, 0.25) is 5.91 Å². The summed E-state index contributed by atoms with van der Waals surface area (Å²) >= 11 is 0. The van der Waals surface area contributed by atoms with Crippen LogP contribution in [0.2, 0.25) is 0 Å². The molecule has 0 atom stereocenters. The van der Waals surface area contributed by atoms with Crippen LogP contribution in [-0.2, 0) is 11.2 Å². The van der Waals surface area contributed by atoms with Crippen LogP contribution in [0.15, 0.2) is 42.5 Å². The van der Waals surface area contributed by atoms with Crippen molar-refractivity contribution < 1.29 is 18.7 Å². The van der Waals surface area contributed by atoms with Crippen molar-refractivity contribution in [1.82, 2.24) is 9.78 Å². The third kappa shape index (κ3) is 4.08. The van der Waals surface area contributed by atoms with Gasteiger partial charge in [-0.25, -0.2) is 9.07 Å². The number of anilines is 1. The maximum Gasteiger partial charge on any atom is 0.228 e. The molecular weight excluding hydrogens is 373 g/mol. The fourth-order valence-corrected chi connectivity index (χ4v) is 3.37. The Bertz CT molecular complexity index is 1040. The average Bonchev–Trinajstić information content (AvgIpc) is 2.87. The SMILES string of the molecule is Cc1nn(-c2ccc(F)cc2)c(C)c1CC(=O)Nc1ccc2c(c1)OCCCO2. The van der Waals surface area contributed by atoms with E-state index in [1.165, 1.54) is 12.1 Å². The minimum absolute atomic E-state index is 0.149. The second kappa shape index (κ2) is 7.95. The summed E-state index contributed by atoms with van der Waals surface area (Å²) in [6, 6.07) is 11.5. The zero-order chi connectivity index (χ0) is 20.4. The van der Waals surface area contributed by atoms with Crippen LogP contribution in [0, 0.1) is 19.7 Å². The molecule has 6 nitrogen and oxygen atoms in total. The van der Waals surface area contributed by atoms with Crippen molar-refractivity contribution in [3.8, 4) is 17.2 Å². The molecule has 2 heterocycles. The van der Waals surface area contributed by atoms with E-state index in [-0.39, 0.29) is 18.1 Å². The van der Waals surface area contributed by atoms with E-state index in [0.717, 1.165) is 29.1 Å². The Morgan fingerprint density at radius 3 is 2.59 bits per heavy atom. The molecule has 2 aromatic carbocycles. The third-order valence-corrected chi connectivity index (χ3v) is 4.88. The number of fused-ring (bicyclic) bond motifs is 1. The van der Waals surface area contributed by atoms with Crippen LogP contribution < -0.4 is 14.8 Å². The van der Waals surface area contributed by atoms with Gasteiger partial charge in [0.05, 0.1) is 31.0 Å². The molecule has 0 saturated heterocycles. The highest BCUT2D eigenvalue weighted by Crippen LogP contribution is 2.32. The van der Waals surface area contributed by atoms with Gasteiger partial charge >= 0.3 is 0 Å². The summed E-state index contributed by atoms with van der Waals surface area (Å²) in [6.45, 7) is 4.98. The number of aromatic nitrogens is 2. The number of benzene rings is 2. The largest absolute Gasteiger partial charge is 0.490 e. The molecule has 0 aliphatic carbocycles. The van der Waals surface area contributed by atoms with Gasteiger partial charge in [0.25, 0.3) is 0 Å². The predicted molar refractivity (Wildman–Crippen MR) is 107 cm³/mol. The minimum atomic E-state index is -0.301. The highest BCUT2D eigenvalue weighted by Gasteiger charge is 2.17. The van der Waals surface area contributed by atoms with Crippen LogP contribution >= 0.6 is 0 Å². The lowest BCUT2D eigenvalue weighted by atomic mass is 10.1. The fourth-order valence-electron chi connectivity index (χ4n) is 3.37. The van der Waals surface area contributed by atoms with E-state index >= 15 is 0 Å². The van der Waals surface area contributed by atoms with Gasteiger partial charge in [0.1, 0.15) is 5.82 Å². The Morgan fingerprint density at radius 2 is 1.83 bits per heavy atom. The van der Waals surface area contributed by atoms with Gasteiger partial charge in [-0.1, -0.05) is 0 Å². The van der Waals surface area contributed by atoms with Gasteiger partial charge in [-0.3, -0.25) is 4.79 Å². The minimum Gasteiger partial charge on any atom is -0.490 e. The number of nitrogens with zero attached hydrogens (tertiary/aromatic N) is 2. The molecule has 0 fully saturated rings. The molecule has 150 valence electrons. The van der Waals surface area contributed by atoms with Crippen molar-refractivity contribution in [2.45, 2.75) is 26.7 Å². The van der Waals surface area contributed by atoms with E-state index in [1.54, 1.807) is 35.0 Å². The molecule has 0 spiro atoms. The molecule has 0 saturated carbocycles. The first-order valence-electron chi connectivity index (χ1n) is 9.52. The fraction of sp³-hybridized carbons (Fsp3) is 0.273. The summed E-state index contributed by atoms with van der Waals surface area (Å²) < 4.78 is 26.2. The topological polar surface area (TPSA) is 65.4 Å². The first-order chi connectivity index (χ1) is 14.0. The summed E-state index contributed by atoms with van der Waals surface area (Å²) in [4.78, 5) is 12.6. The molecular formula is C22H22FN3O3. The van der Waals surface area contributed by atoms with Crippen molar-refractivity contribution in [1.29, 1.82) is 0 Å². The van der Waals surface area contributed by atoms with E-state index in [2.05, 4.69) is 10.4 Å². The lowest BCUT2D eigenvalue weighted by Crippen LogP contribution is -2.15. The van der Waals surface area contributed by atoms with Crippen LogP contribution in [0.5, 0.6) is 11.5 Å². The standard InChI is InChI=1S/C22H22FN3O3/c1-14-19(15(2)26(25-14)18-7-4-16(23)5-8-18)13-22(27)24-17-6-9-20-21(12-17)29-11-3-10-28-20/h4-9,12H,3,10-11,13H2,1-2H3,(H,24,27). The molecule has 1 N–H and O–H groups in total. The maximum atomic E-state index is 13.2. The Kier molecular flexibility index (Phi) is 5.20. The number of aryl methyl sites for hydroxylation is 1. The van der Waals surface area contributed by atoms with Gasteiger partial charge in [-0.2, -0.15) is 5.10 Å². The molecule has 1 aliphatic heterocycles. The number of carbonyl (C=O) groups excluding carboxylic acids is 1. The van der Waals surface area contributed by atoms with Crippen LogP contribution in [-0.4, -0.2) is 28.9 Å². The predicted octanol–water partition coefficient (Wildman–Crippen LogP) is 3.97. The summed E-state index contributed by atoms with van der Waals surface area (Å²) in [6.07, 6.45) is 1.01. The Hall–Kier alpha value is -3.35. The lowest BCUT2D eigenvalue weighted by molar-refractivity contribution is -0.115. The number of ether oxygens (including phenoxy) is 2. The second-order valence-corrected chi connectivity index (χ2v) is 6.97. The molecule has 3 aromatic rings. The van der Waals surface area contributed by atoms with E-state index < -0.39 is 0 Å². The van der Waals surface area contributed by atoms with Gasteiger partial charge in [-0.15, -0.1) is 0 Å². The molecule has 1 amide bonds. The molecule has 0 radical (unpaired) electrons. The highest BCUT2D eigenvalue weighted by atomic mass is 19.1. The summed E-state index contributed by atoms with van der Waals surface area (Å²) in [5, 5.41) is 7.43. The van der Waals surface area contributed by atoms with Crippen molar-refractivity contribution >= 4 is 11.6 Å². The Labute approximate surface area is 168 Å². The Balaban J connectivity index is 1.50. The Morgan fingerprint density at radius 1 is 1.10 bits per heavy atom. The number of amides is 1. The first kappa shape index (κ1) is 19.0. The lowest BCUT2D eigenvalue weighted by Gasteiger charge is -2.11. The zero-order valence-electron chi connectivity index (χ0n) is 16.4. The molecule has 0 bridgehead atoms. The quantitative estimate of drug-likeness (QED) is 0.726. The monoisotopic (exact) mass is 395 g/mol.